The number of hydrogen-bond donors (Lipinski definition) is 2. The lowest BCUT2D eigenvalue weighted by Crippen LogP contribution is -2.29. The first-order valence-corrected chi connectivity index (χ1v) is 8.07. The molecule has 0 radical (unpaired) electrons. The van der Waals surface area contributed by atoms with E-state index >= 15 is 0 Å². The average molecular weight is 340 g/mol. The van der Waals surface area contributed by atoms with Crippen molar-refractivity contribution in [3.05, 3.63) is 29.8 Å². The van der Waals surface area contributed by atoms with Gasteiger partial charge in [0.05, 0.1) is 11.3 Å². The molecule has 1 aromatic rings. The maximum absolute atomic E-state index is 12.1. The van der Waals surface area contributed by atoms with Crippen molar-refractivity contribution in [1.82, 2.24) is 10.2 Å². The maximum Gasteiger partial charge on any atom is 0.313 e. The second kappa shape index (κ2) is 9.73. The van der Waals surface area contributed by atoms with Crippen molar-refractivity contribution >= 4 is 29.5 Å². The first-order valence-electron chi connectivity index (χ1n) is 6.91. The summed E-state index contributed by atoms with van der Waals surface area (Å²) in [4.78, 5) is 35.5. The summed E-state index contributed by atoms with van der Waals surface area (Å²) >= 11 is 1.22. The molecule has 1 rings (SSSR count). The number of thioether (sulfide) groups is 1. The summed E-state index contributed by atoms with van der Waals surface area (Å²) in [5.74, 6) is -0.578. The van der Waals surface area contributed by atoms with E-state index < -0.39 is 5.97 Å². The Morgan fingerprint density at radius 1 is 1.26 bits per heavy atom. The maximum atomic E-state index is 12.1. The van der Waals surface area contributed by atoms with Crippen LogP contribution in [0.3, 0.4) is 0 Å². The van der Waals surface area contributed by atoms with Crippen molar-refractivity contribution in [3.8, 4) is 5.75 Å². The van der Waals surface area contributed by atoms with Gasteiger partial charge in [-0.1, -0.05) is 12.1 Å². The molecule has 0 aliphatic carbocycles. The Kier molecular flexibility index (Phi) is 7.96. The lowest BCUT2D eigenvalue weighted by atomic mass is 10.2. The highest BCUT2D eigenvalue weighted by atomic mass is 32.2. The number of carboxylic acid groups (broad SMARTS) is 1. The predicted octanol–water partition coefficient (Wildman–Crippen LogP) is 0.701. The number of likely N-dealkylation sites (N-methyl/N-ethyl adjacent to an activating group) is 1. The van der Waals surface area contributed by atoms with E-state index in [0.29, 0.717) is 23.6 Å². The third-order valence-corrected chi connectivity index (χ3v) is 3.68. The summed E-state index contributed by atoms with van der Waals surface area (Å²) in [5.41, 5.74) is 0.335. The van der Waals surface area contributed by atoms with Crippen LogP contribution in [0.25, 0.3) is 0 Å². The molecule has 0 spiro atoms. The molecule has 126 valence electrons. The minimum absolute atomic E-state index is 0.00220. The Bertz CT molecular complexity index is 563. The summed E-state index contributed by atoms with van der Waals surface area (Å²) in [5, 5.41) is 11.2. The smallest absolute Gasteiger partial charge is 0.313 e. The number of nitrogens with zero attached hydrogens (tertiary/aromatic N) is 1. The SMILES string of the molecule is CN(C)C(=O)COc1ccccc1C(=O)NCCSCC(=O)O. The van der Waals surface area contributed by atoms with Gasteiger partial charge in [-0.3, -0.25) is 14.4 Å². The van der Waals surface area contributed by atoms with E-state index in [2.05, 4.69) is 5.32 Å². The standard InChI is InChI=1S/C15H20N2O5S/c1-17(2)13(18)9-22-12-6-4-3-5-11(12)15(21)16-7-8-23-10-14(19)20/h3-6H,7-10H2,1-2H3,(H,16,21)(H,19,20). The number of carboxylic acids is 1. The molecule has 0 unspecified atom stereocenters. The van der Waals surface area contributed by atoms with Crippen LogP contribution >= 0.6 is 11.8 Å². The van der Waals surface area contributed by atoms with Gasteiger partial charge in [-0.2, -0.15) is 0 Å². The summed E-state index contributed by atoms with van der Waals surface area (Å²) in [7, 11) is 3.25. The molecule has 2 N–H and O–H groups in total. The number of benzene rings is 1. The third kappa shape index (κ3) is 7.05. The van der Waals surface area contributed by atoms with Crippen LogP contribution < -0.4 is 10.1 Å². The molecule has 7 nitrogen and oxygen atoms in total. The minimum atomic E-state index is -0.884. The Morgan fingerprint density at radius 3 is 2.61 bits per heavy atom. The Morgan fingerprint density at radius 2 is 1.96 bits per heavy atom. The van der Waals surface area contributed by atoms with Crippen LogP contribution in [0.5, 0.6) is 5.75 Å². The van der Waals surface area contributed by atoms with Gasteiger partial charge < -0.3 is 20.1 Å². The fourth-order valence-corrected chi connectivity index (χ4v) is 2.11. The molecule has 1 aromatic carbocycles. The molecule has 0 aromatic heterocycles. The zero-order valence-electron chi connectivity index (χ0n) is 13.1. The number of ether oxygens (including phenoxy) is 1. The second-order valence-corrected chi connectivity index (χ2v) is 5.88. The van der Waals surface area contributed by atoms with Gasteiger partial charge in [0.25, 0.3) is 11.8 Å². The number of para-hydroxylation sites is 1. The van der Waals surface area contributed by atoms with Crippen LogP contribution in [0.15, 0.2) is 24.3 Å². The van der Waals surface area contributed by atoms with Gasteiger partial charge in [0.2, 0.25) is 0 Å². The van der Waals surface area contributed by atoms with E-state index in [0.717, 1.165) is 0 Å². The summed E-state index contributed by atoms with van der Waals surface area (Å²) in [6.45, 7) is 0.202. The normalized spacial score (nSPS) is 10.0. The van der Waals surface area contributed by atoms with Crippen molar-refractivity contribution in [2.24, 2.45) is 0 Å². The monoisotopic (exact) mass is 340 g/mol. The summed E-state index contributed by atoms with van der Waals surface area (Å²) < 4.78 is 5.41. The fourth-order valence-electron chi connectivity index (χ4n) is 1.54. The second-order valence-electron chi connectivity index (χ2n) is 4.78. The summed E-state index contributed by atoms with van der Waals surface area (Å²) in [6.07, 6.45) is 0. The Hall–Kier alpha value is -2.22. The molecule has 0 aliphatic heterocycles. The van der Waals surface area contributed by atoms with Gasteiger partial charge in [0.15, 0.2) is 6.61 Å². The number of carbonyl (C=O) groups excluding carboxylic acids is 2. The number of amides is 2. The zero-order chi connectivity index (χ0) is 17.2. The topological polar surface area (TPSA) is 95.9 Å². The van der Waals surface area contributed by atoms with Gasteiger partial charge in [-0.05, 0) is 12.1 Å². The Balaban J connectivity index is 2.53. The van der Waals surface area contributed by atoms with Crippen LogP contribution in [-0.4, -0.2) is 66.5 Å². The van der Waals surface area contributed by atoms with E-state index in [4.69, 9.17) is 9.84 Å². The predicted molar refractivity (Wildman–Crippen MR) is 87.9 cm³/mol. The molecule has 0 atom stereocenters. The van der Waals surface area contributed by atoms with Crippen LogP contribution in [0.4, 0.5) is 0 Å². The third-order valence-electron chi connectivity index (χ3n) is 2.74. The molecule has 0 heterocycles. The lowest BCUT2D eigenvalue weighted by molar-refractivity contribution is -0.134. The largest absolute Gasteiger partial charge is 0.483 e. The van der Waals surface area contributed by atoms with E-state index in [9.17, 15) is 14.4 Å². The van der Waals surface area contributed by atoms with E-state index in [1.54, 1.807) is 38.4 Å². The molecular weight excluding hydrogens is 320 g/mol. The molecule has 23 heavy (non-hydrogen) atoms. The fraction of sp³-hybridized carbons (Fsp3) is 0.400. The number of hydrogen-bond acceptors (Lipinski definition) is 5. The van der Waals surface area contributed by atoms with Crippen LogP contribution in [0, 0.1) is 0 Å². The number of carbonyl (C=O) groups is 3. The lowest BCUT2D eigenvalue weighted by Gasteiger charge is -2.14. The highest BCUT2D eigenvalue weighted by Crippen LogP contribution is 2.17. The van der Waals surface area contributed by atoms with Crippen LogP contribution in [0.1, 0.15) is 10.4 Å². The minimum Gasteiger partial charge on any atom is -0.483 e. The number of nitrogens with one attached hydrogen (secondary N) is 1. The van der Waals surface area contributed by atoms with Crippen molar-refractivity contribution in [2.75, 3.05) is 38.8 Å². The van der Waals surface area contributed by atoms with E-state index in [1.807, 2.05) is 0 Å². The average Bonchev–Trinajstić information content (AvgIpc) is 2.51. The number of aliphatic carboxylic acids is 1. The molecular formula is C15H20N2O5S. The van der Waals surface area contributed by atoms with E-state index in [1.165, 1.54) is 16.7 Å². The van der Waals surface area contributed by atoms with Gasteiger partial charge in [-0.15, -0.1) is 11.8 Å². The van der Waals surface area contributed by atoms with Crippen LogP contribution in [0.2, 0.25) is 0 Å². The number of rotatable bonds is 9. The van der Waals surface area contributed by atoms with Gasteiger partial charge in [0, 0.05) is 26.4 Å². The zero-order valence-corrected chi connectivity index (χ0v) is 13.9. The molecule has 0 saturated carbocycles. The van der Waals surface area contributed by atoms with Gasteiger partial charge in [0.1, 0.15) is 5.75 Å². The first kappa shape index (κ1) is 18.8. The van der Waals surface area contributed by atoms with Gasteiger partial charge in [-0.25, -0.2) is 0 Å². The van der Waals surface area contributed by atoms with E-state index in [-0.39, 0.29) is 24.2 Å². The molecule has 2 amide bonds. The van der Waals surface area contributed by atoms with Crippen molar-refractivity contribution in [3.63, 3.8) is 0 Å². The molecule has 0 fully saturated rings. The highest BCUT2D eigenvalue weighted by molar-refractivity contribution is 7.99. The van der Waals surface area contributed by atoms with Crippen molar-refractivity contribution < 1.29 is 24.2 Å². The van der Waals surface area contributed by atoms with Crippen molar-refractivity contribution in [2.45, 2.75) is 0 Å². The molecule has 0 bridgehead atoms. The molecule has 8 heteroatoms. The van der Waals surface area contributed by atoms with Crippen molar-refractivity contribution in [1.29, 1.82) is 0 Å². The molecule has 0 aliphatic rings. The Labute approximate surface area is 139 Å². The van der Waals surface area contributed by atoms with Crippen LogP contribution in [-0.2, 0) is 9.59 Å². The first-order chi connectivity index (χ1) is 10.9. The highest BCUT2D eigenvalue weighted by Gasteiger charge is 2.13. The van der Waals surface area contributed by atoms with Gasteiger partial charge >= 0.3 is 5.97 Å². The quantitative estimate of drug-likeness (QED) is 0.643. The summed E-state index contributed by atoms with van der Waals surface area (Å²) in [6, 6.07) is 6.65. The molecule has 0 saturated heterocycles.